The van der Waals surface area contributed by atoms with Crippen LogP contribution in [0.1, 0.15) is 52.4 Å². The number of carbonyl (C=O) groups excluding carboxylic acids is 1. The quantitative estimate of drug-likeness (QED) is 0.686. The molecule has 2 N–H and O–H groups in total. The normalized spacial score (nSPS) is 17.5. The van der Waals surface area contributed by atoms with Gasteiger partial charge in [0, 0.05) is 18.4 Å². The van der Waals surface area contributed by atoms with Crippen LogP contribution in [0.15, 0.2) is 0 Å². The zero-order valence-corrected chi connectivity index (χ0v) is 8.81. The highest BCUT2D eigenvalue weighted by atomic mass is 16.1. The van der Waals surface area contributed by atoms with E-state index in [1.165, 1.54) is 12.8 Å². The van der Waals surface area contributed by atoms with Crippen LogP contribution in [0.25, 0.3) is 0 Å². The SMILES string of the molecule is CC(C)(N)CCC(=O)CCC1CC1. The Balaban J connectivity index is 2.03. The molecule has 1 aliphatic rings. The standard InChI is InChI=1S/C11H21NO/c1-11(2,12)8-7-10(13)6-5-9-3-4-9/h9H,3-8,12H2,1-2H3. The van der Waals surface area contributed by atoms with Crippen molar-refractivity contribution in [3.05, 3.63) is 0 Å². The van der Waals surface area contributed by atoms with Crippen molar-refractivity contribution >= 4 is 5.78 Å². The van der Waals surface area contributed by atoms with E-state index >= 15 is 0 Å². The summed E-state index contributed by atoms with van der Waals surface area (Å²) in [5.41, 5.74) is 5.61. The second kappa shape index (κ2) is 4.23. The maximum atomic E-state index is 11.4. The smallest absolute Gasteiger partial charge is 0.132 e. The molecule has 0 aromatic heterocycles. The van der Waals surface area contributed by atoms with Gasteiger partial charge in [0.2, 0.25) is 0 Å². The molecular formula is C11H21NO. The van der Waals surface area contributed by atoms with Gasteiger partial charge in [0.05, 0.1) is 0 Å². The molecule has 13 heavy (non-hydrogen) atoms. The minimum atomic E-state index is -0.185. The molecule has 2 heteroatoms. The molecule has 0 spiro atoms. The monoisotopic (exact) mass is 183 g/mol. The van der Waals surface area contributed by atoms with Crippen molar-refractivity contribution in [2.75, 3.05) is 0 Å². The Labute approximate surface area is 80.9 Å². The Kier molecular flexibility index (Phi) is 3.48. The van der Waals surface area contributed by atoms with Gasteiger partial charge in [0.25, 0.3) is 0 Å². The molecule has 0 atom stereocenters. The van der Waals surface area contributed by atoms with Crippen molar-refractivity contribution in [2.45, 2.75) is 57.9 Å². The number of Topliss-reactive ketones (excluding diaryl/α,β-unsaturated/α-hetero) is 1. The Morgan fingerprint density at radius 3 is 2.46 bits per heavy atom. The van der Waals surface area contributed by atoms with Gasteiger partial charge in [-0.2, -0.15) is 0 Å². The summed E-state index contributed by atoms with van der Waals surface area (Å²) in [5.74, 6) is 1.26. The first-order valence-electron chi connectivity index (χ1n) is 5.28. The van der Waals surface area contributed by atoms with E-state index in [2.05, 4.69) is 0 Å². The molecule has 0 heterocycles. The minimum absolute atomic E-state index is 0.185. The van der Waals surface area contributed by atoms with Crippen LogP contribution >= 0.6 is 0 Å². The van der Waals surface area contributed by atoms with Crippen LogP contribution in [-0.2, 0) is 4.79 Å². The van der Waals surface area contributed by atoms with E-state index in [4.69, 9.17) is 5.73 Å². The number of nitrogens with two attached hydrogens (primary N) is 1. The fraction of sp³-hybridized carbons (Fsp3) is 0.909. The van der Waals surface area contributed by atoms with E-state index in [9.17, 15) is 4.79 Å². The number of carbonyl (C=O) groups is 1. The van der Waals surface area contributed by atoms with Gasteiger partial charge >= 0.3 is 0 Å². The second-order valence-corrected chi connectivity index (χ2v) is 5.01. The summed E-state index contributed by atoms with van der Waals surface area (Å²) in [5, 5.41) is 0. The number of ketones is 1. The first kappa shape index (κ1) is 10.7. The van der Waals surface area contributed by atoms with Gasteiger partial charge in [-0.3, -0.25) is 4.79 Å². The molecule has 1 aliphatic carbocycles. The van der Waals surface area contributed by atoms with Crippen LogP contribution in [-0.4, -0.2) is 11.3 Å². The first-order chi connectivity index (χ1) is 5.97. The predicted octanol–water partition coefficient (Wildman–Crippen LogP) is 2.26. The van der Waals surface area contributed by atoms with Crippen LogP contribution in [0.2, 0.25) is 0 Å². The van der Waals surface area contributed by atoms with Crippen molar-refractivity contribution < 1.29 is 4.79 Å². The summed E-state index contributed by atoms with van der Waals surface area (Å²) in [6, 6.07) is 0. The molecule has 0 saturated heterocycles. The molecule has 2 nitrogen and oxygen atoms in total. The molecule has 1 fully saturated rings. The fourth-order valence-electron chi connectivity index (χ4n) is 1.36. The zero-order chi connectivity index (χ0) is 9.90. The van der Waals surface area contributed by atoms with Crippen LogP contribution in [0, 0.1) is 5.92 Å². The Morgan fingerprint density at radius 2 is 2.00 bits per heavy atom. The molecular weight excluding hydrogens is 162 g/mol. The van der Waals surface area contributed by atoms with Gasteiger partial charge in [-0.1, -0.05) is 12.8 Å². The lowest BCUT2D eigenvalue weighted by Crippen LogP contribution is -2.32. The Hall–Kier alpha value is -0.370. The minimum Gasteiger partial charge on any atom is -0.326 e. The van der Waals surface area contributed by atoms with Gasteiger partial charge in [-0.05, 0) is 32.6 Å². The summed E-state index contributed by atoms with van der Waals surface area (Å²) in [4.78, 5) is 11.4. The average Bonchev–Trinajstić information content (AvgIpc) is 2.78. The van der Waals surface area contributed by atoms with E-state index in [1.54, 1.807) is 0 Å². The van der Waals surface area contributed by atoms with Crippen LogP contribution in [0.4, 0.5) is 0 Å². The summed E-state index contributed by atoms with van der Waals surface area (Å²) >= 11 is 0. The van der Waals surface area contributed by atoms with Gasteiger partial charge in [0.1, 0.15) is 5.78 Å². The third-order valence-corrected chi connectivity index (χ3v) is 2.58. The van der Waals surface area contributed by atoms with Crippen molar-refractivity contribution in [1.82, 2.24) is 0 Å². The van der Waals surface area contributed by atoms with E-state index in [1.807, 2.05) is 13.8 Å². The van der Waals surface area contributed by atoms with Crippen LogP contribution < -0.4 is 5.73 Å². The maximum Gasteiger partial charge on any atom is 0.132 e. The topological polar surface area (TPSA) is 43.1 Å². The Morgan fingerprint density at radius 1 is 1.38 bits per heavy atom. The van der Waals surface area contributed by atoms with E-state index in [-0.39, 0.29) is 5.54 Å². The molecule has 0 radical (unpaired) electrons. The van der Waals surface area contributed by atoms with Crippen molar-refractivity contribution in [1.29, 1.82) is 0 Å². The van der Waals surface area contributed by atoms with E-state index in [0.29, 0.717) is 12.2 Å². The molecule has 0 bridgehead atoms. The lowest BCUT2D eigenvalue weighted by Gasteiger charge is -2.17. The fourth-order valence-corrected chi connectivity index (χ4v) is 1.36. The number of rotatable bonds is 6. The highest BCUT2D eigenvalue weighted by molar-refractivity contribution is 5.78. The summed E-state index contributed by atoms with van der Waals surface area (Å²) < 4.78 is 0. The average molecular weight is 183 g/mol. The second-order valence-electron chi connectivity index (χ2n) is 5.01. The third kappa shape index (κ3) is 5.81. The highest BCUT2D eigenvalue weighted by Gasteiger charge is 2.22. The predicted molar refractivity (Wildman–Crippen MR) is 54.5 cm³/mol. The molecule has 0 aliphatic heterocycles. The van der Waals surface area contributed by atoms with Gasteiger partial charge in [-0.25, -0.2) is 0 Å². The van der Waals surface area contributed by atoms with Crippen molar-refractivity contribution in [3.8, 4) is 0 Å². The van der Waals surface area contributed by atoms with Crippen LogP contribution in [0.3, 0.4) is 0 Å². The molecule has 76 valence electrons. The molecule has 1 saturated carbocycles. The highest BCUT2D eigenvalue weighted by Crippen LogP contribution is 2.33. The lowest BCUT2D eigenvalue weighted by atomic mass is 9.97. The van der Waals surface area contributed by atoms with Gasteiger partial charge in [0.15, 0.2) is 0 Å². The number of hydrogen-bond donors (Lipinski definition) is 1. The third-order valence-electron chi connectivity index (χ3n) is 2.58. The Bertz CT molecular complexity index is 177. The first-order valence-corrected chi connectivity index (χ1v) is 5.28. The van der Waals surface area contributed by atoms with Crippen molar-refractivity contribution in [3.63, 3.8) is 0 Å². The van der Waals surface area contributed by atoms with Crippen molar-refractivity contribution in [2.24, 2.45) is 11.7 Å². The largest absolute Gasteiger partial charge is 0.326 e. The van der Waals surface area contributed by atoms with E-state index < -0.39 is 0 Å². The van der Waals surface area contributed by atoms with Gasteiger partial charge in [-0.15, -0.1) is 0 Å². The lowest BCUT2D eigenvalue weighted by molar-refractivity contribution is -0.119. The summed E-state index contributed by atoms with van der Waals surface area (Å²) in [6.45, 7) is 3.95. The van der Waals surface area contributed by atoms with Gasteiger partial charge < -0.3 is 5.73 Å². The maximum absolute atomic E-state index is 11.4. The molecule has 0 aromatic carbocycles. The molecule has 0 unspecified atom stereocenters. The summed E-state index contributed by atoms with van der Waals surface area (Å²) in [6.07, 6.45) is 6.06. The number of hydrogen-bond acceptors (Lipinski definition) is 2. The molecule has 1 rings (SSSR count). The molecule has 0 aromatic rings. The van der Waals surface area contributed by atoms with Crippen LogP contribution in [0.5, 0.6) is 0 Å². The summed E-state index contributed by atoms with van der Waals surface area (Å²) in [7, 11) is 0. The van der Waals surface area contributed by atoms with E-state index in [0.717, 1.165) is 25.2 Å². The molecule has 0 amide bonds. The zero-order valence-electron chi connectivity index (χ0n) is 8.81.